The van der Waals surface area contributed by atoms with Crippen molar-refractivity contribution in [2.24, 2.45) is 5.73 Å². The molecule has 19 heteroatoms. The summed E-state index contributed by atoms with van der Waals surface area (Å²) in [4.78, 5) is 4.67. The zero-order valence-electron chi connectivity index (χ0n) is 28.5. The van der Waals surface area contributed by atoms with Gasteiger partial charge in [-0.25, -0.2) is 0 Å². The molecule has 1 rings (SSSR count). The van der Waals surface area contributed by atoms with E-state index in [1.807, 2.05) is 0 Å². The van der Waals surface area contributed by atoms with Crippen LogP contribution in [-0.4, -0.2) is 108 Å². The quantitative estimate of drug-likeness (QED) is 0.135. The number of nitrogens with zero attached hydrogens (tertiary/aromatic N) is 2. The van der Waals surface area contributed by atoms with E-state index >= 15 is 0 Å². The SMILES string of the molecule is CO[Si](P)(CCCN)OC.CO[Si](P)(CCC[N-][Si](C)(C)C)OC.CO[Si]1(OC)CCCN1[Si](C)(C)C.[Li+].[Li+].[PH2-]. The summed E-state index contributed by atoms with van der Waals surface area (Å²) in [6.07, 6.45) is 3.28. The van der Waals surface area contributed by atoms with E-state index in [-0.39, 0.29) is 47.6 Å². The average Bonchev–Trinajstić information content (AvgIpc) is 3.31. The van der Waals surface area contributed by atoms with Crippen molar-refractivity contribution < 1.29 is 64.3 Å². The normalized spacial score (nSPS) is 15.4. The first kappa shape index (κ1) is 52.7. The molecule has 0 aromatic heterocycles. The molecule has 0 spiro atoms. The van der Waals surface area contributed by atoms with Gasteiger partial charge in [0.2, 0.25) is 0 Å². The summed E-state index contributed by atoms with van der Waals surface area (Å²) < 4.78 is 35.0. The average molecular weight is 700 g/mol. The first-order chi connectivity index (χ1) is 17.0. The topological polar surface area (TPSA) is 98.7 Å². The molecule has 0 aromatic carbocycles. The molecular formula is C21H62Li2N3O6P3Si5. The zero-order valence-corrected chi connectivity index (χ0v) is 37.0. The first-order valence-electron chi connectivity index (χ1n) is 13.0. The molecule has 0 saturated carbocycles. The van der Waals surface area contributed by atoms with Crippen LogP contribution in [0.5, 0.6) is 0 Å². The summed E-state index contributed by atoms with van der Waals surface area (Å²) in [5, 5.41) is 0. The second-order valence-corrected chi connectivity index (χ2v) is 35.5. The Kier molecular flexibility index (Phi) is 34.7. The third-order valence-electron chi connectivity index (χ3n) is 6.11. The molecule has 0 amide bonds. The van der Waals surface area contributed by atoms with Gasteiger partial charge in [-0.3, -0.25) is 0 Å². The standard InChI is InChI=1S/C8H23NO2PSi2.C8H21NO2Si2.C5H16NO2PSi.2Li.H2P/c1-10-14(12,11-2)8-6-7-9-13(3,4)5;1-10-13(11-2)8-6-7-9(13)12(3,4)5;1-7-10(9,8-2)5-3-4-6;;;/h6-8,12H2,1-5H3;6-8H2,1-5H3;3-6,9H2,1-2H3;;;1H2/q-1;;;2*+1;-1. The summed E-state index contributed by atoms with van der Waals surface area (Å²) in [5.74, 6) is 0. The second kappa shape index (κ2) is 26.3. The van der Waals surface area contributed by atoms with Gasteiger partial charge in [0.05, 0.1) is 0 Å². The molecule has 2 unspecified atom stereocenters. The minimum absolute atomic E-state index is 0. The third-order valence-corrected chi connectivity index (χ3v) is 24.9. The van der Waals surface area contributed by atoms with Crippen molar-refractivity contribution in [3.8, 4) is 0 Å². The van der Waals surface area contributed by atoms with Gasteiger partial charge < -0.3 is 51.4 Å². The number of hydrogen-bond acceptors (Lipinski definition) is 8. The van der Waals surface area contributed by atoms with Crippen LogP contribution < -0.4 is 43.5 Å². The van der Waals surface area contributed by atoms with Crippen molar-refractivity contribution in [3.63, 3.8) is 0 Å². The van der Waals surface area contributed by atoms with Crippen LogP contribution in [0, 0.1) is 0 Å². The summed E-state index contributed by atoms with van der Waals surface area (Å²) >= 11 is 0. The first-order valence-corrected chi connectivity index (χ1v) is 29.6. The van der Waals surface area contributed by atoms with Crippen LogP contribution >= 0.6 is 27.5 Å². The van der Waals surface area contributed by atoms with Gasteiger partial charge in [-0.1, -0.05) is 71.5 Å². The Morgan fingerprint density at radius 1 is 0.775 bits per heavy atom. The van der Waals surface area contributed by atoms with Crippen LogP contribution in [0.25, 0.3) is 4.98 Å². The maximum atomic E-state index is 5.66. The molecule has 1 heterocycles. The van der Waals surface area contributed by atoms with Gasteiger partial charge in [-0.15, -0.1) is 0 Å². The Morgan fingerprint density at radius 3 is 1.45 bits per heavy atom. The predicted octanol–water partition coefficient (Wildman–Crippen LogP) is -0.774. The van der Waals surface area contributed by atoms with Crippen LogP contribution in [0.15, 0.2) is 0 Å². The fourth-order valence-electron chi connectivity index (χ4n) is 3.78. The molecule has 0 bridgehead atoms. The summed E-state index contributed by atoms with van der Waals surface area (Å²) in [6, 6.07) is 3.07. The van der Waals surface area contributed by atoms with E-state index < -0.39 is 41.7 Å². The molecule has 1 aliphatic heterocycles. The minimum atomic E-state index is -1.95. The third kappa shape index (κ3) is 22.7. The molecule has 2 N–H and O–H groups in total. The fourth-order valence-corrected chi connectivity index (χ4v) is 16.5. The van der Waals surface area contributed by atoms with Gasteiger partial charge >= 0.3 is 62.9 Å². The second-order valence-electron chi connectivity index (χ2n) is 11.0. The van der Waals surface area contributed by atoms with E-state index in [2.05, 4.69) is 66.1 Å². The maximum Gasteiger partial charge on any atom is 1.00 e. The van der Waals surface area contributed by atoms with E-state index in [9.17, 15) is 0 Å². The van der Waals surface area contributed by atoms with Crippen molar-refractivity contribution in [1.29, 1.82) is 0 Å². The smallest absolute Gasteiger partial charge is 0.665 e. The van der Waals surface area contributed by atoms with Crippen LogP contribution in [-0.2, 0) is 26.6 Å². The molecule has 2 atom stereocenters. The fraction of sp³-hybridized carbons (Fsp3) is 1.00. The van der Waals surface area contributed by atoms with E-state index in [1.54, 1.807) is 42.7 Å². The van der Waals surface area contributed by atoms with Crippen molar-refractivity contribution in [3.05, 3.63) is 4.98 Å². The number of hydrogen-bond donors (Lipinski definition) is 1. The number of rotatable bonds is 15. The Balaban J connectivity index is -0.000000150. The number of nitrogens with two attached hydrogens (primary N) is 1. The predicted molar refractivity (Wildman–Crippen MR) is 187 cm³/mol. The van der Waals surface area contributed by atoms with E-state index in [1.165, 1.54) is 13.0 Å². The van der Waals surface area contributed by atoms with Crippen LogP contribution in [0.2, 0.25) is 57.4 Å². The maximum absolute atomic E-state index is 5.66. The van der Waals surface area contributed by atoms with Gasteiger partial charge in [0, 0.05) is 48.7 Å². The minimum Gasteiger partial charge on any atom is -0.665 e. The van der Waals surface area contributed by atoms with E-state index in [0.717, 1.165) is 37.5 Å². The van der Waals surface area contributed by atoms with Gasteiger partial charge in [0.15, 0.2) is 0 Å². The largest absolute Gasteiger partial charge is 1.00 e. The molecule has 0 aliphatic carbocycles. The van der Waals surface area contributed by atoms with Gasteiger partial charge in [-0.05, 0) is 38.0 Å². The van der Waals surface area contributed by atoms with Gasteiger partial charge in [0.1, 0.15) is 8.24 Å². The molecule has 0 aromatic rings. The van der Waals surface area contributed by atoms with E-state index in [4.69, 9.17) is 32.3 Å². The van der Waals surface area contributed by atoms with Crippen LogP contribution in [0.1, 0.15) is 19.3 Å². The molecule has 234 valence electrons. The van der Waals surface area contributed by atoms with Crippen molar-refractivity contribution >= 4 is 69.1 Å². The molecule has 40 heavy (non-hydrogen) atoms. The van der Waals surface area contributed by atoms with Gasteiger partial charge in [0.25, 0.3) is 0 Å². The molecule has 1 aliphatic rings. The Hall–Kier alpha value is 3.21. The summed E-state index contributed by atoms with van der Waals surface area (Å²) in [7, 11) is 7.56. The van der Waals surface area contributed by atoms with Crippen molar-refractivity contribution in [1.82, 2.24) is 4.23 Å². The van der Waals surface area contributed by atoms with Gasteiger partial charge in [-0.2, -0.15) is 6.54 Å². The molecular weight excluding hydrogens is 637 g/mol. The van der Waals surface area contributed by atoms with Crippen LogP contribution in [0.4, 0.5) is 0 Å². The monoisotopic (exact) mass is 699 g/mol. The van der Waals surface area contributed by atoms with Crippen molar-refractivity contribution in [2.75, 3.05) is 62.3 Å². The summed E-state index contributed by atoms with van der Waals surface area (Å²) in [5.41, 5.74) is 5.35. The molecule has 1 fully saturated rings. The molecule has 9 nitrogen and oxygen atoms in total. The Bertz CT molecular complexity index is 595. The Labute approximate surface area is 285 Å². The van der Waals surface area contributed by atoms with E-state index in [0.29, 0.717) is 6.54 Å². The van der Waals surface area contributed by atoms with Crippen molar-refractivity contribution in [2.45, 2.75) is 76.7 Å². The Morgan fingerprint density at radius 2 is 1.18 bits per heavy atom. The molecule has 0 radical (unpaired) electrons. The molecule has 1 saturated heterocycles. The van der Waals surface area contributed by atoms with Crippen LogP contribution in [0.3, 0.4) is 0 Å². The summed E-state index contributed by atoms with van der Waals surface area (Å²) in [6.45, 7) is 16.7. The zero-order chi connectivity index (χ0) is 29.4.